The molecule has 2 aromatic carbocycles. The Morgan fingerprint density at radius 2 is 1.52 bits per heavy atom. The predicted molar refractivity (Wildman–Crippen MR) is 180 cm³/mol. The summed E-state index contributed by atoms with van der Waals surface area (Å²) in [7, 11) is 0. The van der Waals surface area contributed by atoms with Gasteiger partial charge in [-0.05, 0) is 48.6 Å². The summed E-state index contributed by atoms with van der Waals surface area (Å²) < 4.78 is 5.64. The Morgan fingerprint density at radius 1 is 0.886 bits per heavy atom. The molecule has 44 heavy (non-hydrogen) atoms. The number of carbonyl (C=O) groups is 1. The molecular weight excluding hydrogens is 570 g/mol. The summed E-state index contributed by atoms with van der Waals surface area (Å²) in [6.45, 7) is 13.2. The molecular formula is C34H41N7O2S. The second-order valence-electron chi connectivity index (χ2n) is 11.5. The maximum atomic E-state index is 9.44. The first kappa shape index (κ1) is 30.3. The van der Waals surface area contributed by atoms with E-state index in [-0.39, 0.29) is 17.1 Å². The van der Waals surface area contributed by atoms with Gasteiger partial charge in [-0.15, -0.1) is 11.8 Å². The number of ketones is 1. The van der Waals surface area contributed by atoms with Crippen LogP contribution < -0.4 is 15.1 Å². The number of nitrogens with one attached hydrogen (secondary N) is 1. The lowest BCUT2D eigenvalue weighted by Crippen LogP contribution is -2.47. The van der Waals surface area contributed by atoms with Gasteiger partial charge in [0.1, 0.15) is 5.78 Å². The lowest BCUT2D eigenvalue weighted by molar-refractivity contribution is -0.114. The van der Waals surface area contributed by atoms with E-state index in [0.29, 0.717) is 13.2 Å². The van der Waals surface area contributed by atoms with E-state index in [9.17, 15) is 4.79 Å². The molecule has 0 radical (unpaired) electrons. The Morgan fingerprint density at radius 3 is 2.20 bits per heavy atom. The van der Waals surface area contributed by atoms with Crippen molar-refractivity contribution >= 4 is 46.8 Å². The van der Waals surface area contributed by atoms with E-state index in [1.165, 1.54) is 36.2 Å². The van der Waals surface area contributed by atoms with Crippen LogP contribution in [0.15, 0.2) is 60.0 Å². The number of nitrogens with zero attached hydrogens (tertiary/aromatic N) is 6. The van der Waals surface area contributed by atoms with E-state index in [4.69, 9.17) is 19.7 Å². The molecule has 1 N–H and O–H groups in total. The van der Waals surface area contributed by atoms with Gasteiger partial charge in [0.25, 0.3) is 0 Å². The highest BCUT2D eigenvalue weighted by atomic mass is 32.2. The van der Waals surface area contributed by atoms with Crippen LogP contribution in [0.1, 0.15) is 49.2 Å². The minimum absolute atomic E-state index is 0.114. The van der Waals surface area contributed by atoms with Crippen molar-refractivity contribution in [1.82, 2.24) is 25.2 Å². The van der Waals surface area contributed by atoms with Crippen molar-refractivity contribution in [1.29, 1.82) is 0 Å². The highest BCUT2D eigenvalue weighted by Crippen LogP contribution is 2.48. The van der Waals surface area contributed by atoms with Crippen LogP contribution in [0.5, 0.6) is 0 Å². The molecule has 1 aliphatic carbocycles. The van der Waals surface area contributed by atoms with Crippen LogP contribution in [0.3, 0.4) is 0 Å². The molecule has 2 unspecified atom stereocenters. The van der Waals surface area contributed by atoms with E-state index in [0.717, 1.165) is 69.1 Å². The fourth-order valence-corrected chi connectivity index (χ4v) is 7.10. The summed E-state index contributed by atoms with van der Waals surface area (Å²) in [6.07, 6.45) is 2.29. The number of fused-ring (bicyclic) bond motifs is 1. The monoisotopic (exact) mass is 611 g/mol. The zero-order valence-electron chi connectivity index (χ0n) is 25.8. The van der Waals surface area contributed by atoms with Gasteiger partial charge >= 0.3 is 0 Å². The van der Waals surface area contributed by atoms with Crippen LogP contribution in [0, 0.1) is 0 Å². The van der Waals surface area contributed by atoms with Crippen LogP contribution in [-0.4, -0.2) is 90.0 Å². The number of carbonyl (C=O) groups excluding carboxylic acids is 1. The summed E-state index contributed by atoms with van der Waals surface area (Å²) in [5.41, 5.74) is 6.08. The topological polar surface area (TPSA) is 86.7 Å². The summed E-state index contributed by atoms with van der Waals surface area (Å²) in [5, 5.41) is 6.22. The Labute approximate surface area is 264 Å². The first-order valence-corrected chi connectivity index (χ1v) is 16.5. The van der Waals surface area contributed by atoms with Gasteiger partial charge in [0.15, 0.2) is 5.82 Å². The minimum atomic E-state index is 0.114. The predicted octanol–water partition coefficient (Wildman–Crippen LogP) is 4.74. The molecule has 1 aromatic heterocycles. The van der Waals surface area contributed by atoms with Crippen molar-refractivity contribution in [2.75, 3.05) is 68.8 Å². The van der Waals surface area contributed by atoms with Crippen LogP contribution in [-0.2, 0) is 9.53 Å². The lowest BCUT2D eigenvalue weighted by Gasteiger charge is -2.35. The smallest absolute Gasteiger partial charge is 0.230 e. The van der Waals surface area contributed by atoms with Crippen LogP contribution in [0.2, 0.25) is 0 Å². The van der Waals surface area contributed by atoms with E-state index in [2.05, 4.69) is 93.0 Å². The molecule has 2 saturated heterocycles. The van der Waals surface area contributed by atoms with E-state index in [1.807, 2.05) is 11.8 Å². The average Bonchev–Trinajstić information content (AvgIpc) is 3.71. The van der Waals surface area contributed by atoms with Gasteiger partial charge in [-0.25, -0.2) is 0 Å². The van der Waals surface area contributed by atoms with Gasteiger partial charge in [0.05, 0.1) is 18.6 Å². The molecule has 4 heterocycles. The Hall–Kier alpha value is -3.73. The van der Waals surface area contributed by atoms with Crippen molar-refractivity contribution < 1.29 is 9.53 Å². The maximum Gasteiger partial charge on any atom is 0.230 e. The number of hydrogen-bond donors (Lipinski definition) is 1. The number of likely N-dealkylation sites (N-methyl/N-ethyl adjacent to an activating group) is 1. The van der Waals surface area contributed by atoms with E-state index < -0.39 is 0 Å². The van der Waals surface area contributed by atoms with E-state index >= 15 is 0 Å². The van der Waals surface area contributed by atoms with Gasteiger partial charge in [-0.2, -0.15) is 15.0 Å². The molecule has 0 amide bonds. The molecule has 0 bridgehead atoms. The Bertz CT molecular complexity index is 1510. The van der Waals surface area contributed by atoms with Crippen LogP contribution >= 0.6 is 11.8 Å². The molecule has 9 nitrogen and oxygen atoms in total. The Balaban J connectivity index is 0.000000810. The van der Waals surface area contributed by atoms with Gasteiger partial charge in [0.2, 0.25) is 11.9 Å². The fraction of sp³-hybridized carbons (Fsp3) is 0.412. The summed E-state index contributed by atoms with van der Waals surface area (Å²) in [4.78, 5) is 31.8. The SMILES string of the molecule is CC(C)=O.CCN1CCN(c2nc(C3=Cc4ccccc4C3C3NC(c4ccccc4)=CS3)nc(N3CCOCC3)n2)CC1. The third kappa shape index (κ3) is 6.82. The van der Waals surface area contributed by atoms with Gasteiger partial charge in [0, 0.05) is 56.5 Å². The average molecular weight is 612 g/mol. The largest absolute Gasteiger partial charge is 0.378 e. The zero-order valence-corrected chi connectivity index (χ0v) is 26.6. The fourth-order valence-electron chi connectivity index (χ4n) is 5.97. The number of rotatable bonds is 6. The molecule has 3 aliphatic heterocycles. The summed E-state index contributed by atoms with van der Waals surface area (Å²) in [5.74, 6) is 2.60. The highest BCUT2D eigenvalue weighted by molar-refractivity contribution is 8.03. The minimum Gasteiger partial charge on any atom is -0.378 e. The number of Topliss-reactive ketones (excluding diaryl/α,β-unsaturated/α-hetero) is 1. The third-order valence-electron chi connectivity index (χ3n) is 8.26. The second-order valence-corrected chi connectivity index (χ2v) is 12.5. The number of anilines is 2. The molecule has 4 aliphatic rings. The molecule has 10 heteroatoms. The van der Waals surface area contributed by atoms with E-state index in [1.54, 1.807) is 0 Å². The quantitative estimate of drug-likeness (QED) is 0.422. The number of hydrogen-bond acceptors (Lipinski definition) is 10. The number of benzene rings is 2. The standard InChI is InChI=1S/C31H35N7OS.C3H6O/c1-2-36-12-14-37(15-13-36)30-33-28(34-31(35-30)38-16-18-39-19-17-38)25-20-23-10-6-7-11-24(23)27(25)29-32-26(21-40-29)22-8-4-3-5-9-22;1-3(2)4/h3-11,20-21,27,29,32H,2,12-19H2,1H3;1-2H3. The molecule has 7 rings (SSSR count). The molecule has 2 fully saturated rings. The number of piperazine rings is 1. The maximum absolute atomic E-state index is 9.44. The van der Waals surface area contributed by atoms with Crippen molar-refractivity contribution in [3.05, 3.63) is 82.5 Å². The summed E-state index contributed by atoms with van der Waals surface area (Å²) in [6, 6.07) is 19.3. The molecule has 2 atom stereocenters. The number of ether oxygens (including phenoxy) is 1. The molecule has 3 aromatic rings. The van der Waals surface area contributed by atoms with Gasteiger partial charge in [-0.1, -0.05) is 61.5 Å². The number of aromatic nitrogens is 3. The van der Waals surface area contributed by atoms with Gasteiger partial charge < -0.3 is 29.5 Å². The zero-order chi connectivity index (χ0) is 30.5. The first-order valence-electron chi connectivity index (χ1n) is 15.5. The number of thioether (sulfide) groups is 1. The molecule has 0 saturated carbocycles. The van der Waals surface area contributed by atoms with Gasteiger partial charge in [-0.3, -0.25) is 0 Å². The normalized spacial score (nSPS) is 21.5. The third-order valence-corrected chi connectivity index (χ3v) is 9.32. The Kier molecular flexibility index (Phi) is 9.59. The number of morpholine rings is 1. The van der Waals surface area contributed by atoms with Crippen LogP contribution in [0.25, 0.3) is 17.3 Å². The van der Waals surface area contributed by atoms with Crippen molar-refractivity contribution in [3.8, 4) is 0 Å². The lowest BCUT2D eigenvalue weighted by atomic mass is 9.94. The van der Waals surface area contributed by atoms with Crippen molar-refractivity contribution in [2.24, 2.45) is 0 Å². The van der Waals surface area contributed by atoms with Crippen LogP contribution in [0.4, 0.5) is 11.9 Å². The van der Waals surface area contributed by atoms with Crippen molar-refractivity contribution in [3.63, 3.8) is 0 Å². The molecule has 0 spiro atoms. The highest BCUT2D eigenvalue weighted by Gasteiger charge is 2.37. The summed E-state index contributed by atoms with van der Waals surface area (Å²) >= 11 is 1.84. The van der Waals surface area contributed by atoms with Crippen molar-refractivity contribution in [2.45, 2.75) is 32.1 Å². The second kappa shape index (κ2) is 13.9. The first-order chi connectivity index (χ1) is 21.5. The molecule has 230 valence electrons.